The van der Waals surface area contributed by atoms with Gasteiger partial charge in [0.2, 0.25) is 0 Å². The van der Waals surface area contributed by atoms with Crippen LogP contribution in [0.4, 0.5) is 0 Å². The molecule has 1 nitrogen and oxygen atoms in total. The maximum absolute atomic E-state index is 5.87. The molecule has 0 aliphatic carbocycles. The lowest BCUT2D eigenvalue weighted by Gasteiger charge is -2.22. The Bertz CT molecular complexity index is 937. The summed E-state index contributed by atoms with van der Waals surface area (Å²) in [6, 6.07) is 21.3. The van der Waals surface area contributed by atoms with E-state index in [2.05, 4.69) is 81.1 Å². The molecule has 0 aromatic heterocycles. The maximum atomic E-state index is 5.87. The van der Waals surface area contributed by atoms with E-state index in [4.69, 9.17) is 4.74 Å². The topological polar surface area (TPSA) is 9.23 Å². The smallest absolute Gasteiger partial charge is 0.0731 e. The first-order valence-corrected chi connectivity index (χ1v) is 8.71. The lowest BCUT2D eigenvalue weighted by molar-refractivity contribution is 0.134. The highest BCUT2D eigenvalue weighted by Crippen LogP contribution is 2.45. The second-order valence-corrected chi connectivity index (χ2v) is 6.71. The van der Waals surface area contributed by atoms with E-state index in [1.54, 1.807) is 0 Å². The minimum Gasteiger partial charge on any atom is -0.372 e. The molecule has 0 spiro atoms. The van der Waals surface area contributed by atoms with Crippen LogP contribution in [0.15, 0.2) is 67.2 Å². The summed E-state index contributed by atoms with van der Waals surface area (Å²) in [5.41, 5.74) is 11.4. The van der Waals surface area contributed by atoms with Crippen molar-refractivity contribution in [1.82, 2.24) is 0 Å². The van der Waals surface area contributed by atoms with Crippen molar-refractivity contribution >= 4 is 5.57 Å². The van der Waals surface area contributed by atoms with Crippen LogP contribution < -0.4 is 0 Å². The predicted molar refractivity (Wildman–Crippen MR) is 105 cm³/mol. The monoisotopic (exact) mass is 326 g/mol. The Hall–Kier alpha value is -2.64. The highest BCUT2D eigenvalue weighted by atomic mass is 16.5. The highest BCUT2D eigenvalue weighted by Gasteiger charge is 2.26. The number of benzene rings is 3. The molecule has 3 aromatic carbocycles. The fourth-order valence-electron chi connectivity index (χ4n) is 4.00. The fourth-order valence-corrected chi connectivity index (χ4v) is 4.00. The van der Waals surface area contributed by atoms with Crippen LogP contribution in [0.3, 0.4) is 0 Å². The van der Waals surface area contributed by atoms with Crippen molar-refractivity contribution in [3.63, 3.8) is 0 Å². The molecular formula is C24H22O. The summed E-state index contributed by atoms with van der Waals surface area (Å²) < 4.78 is 5.87. The molecule has 25 heavy (non-hydrogen) atoms. The van der Waals surface area contributed by atoms with Crippen molar-refractivity contribution in [3.8, 4) is 22.3 Å². The summed E-state index contributed by atoms with van der Waals surface area (Å²) >= 11 is 0. The Labute approximate surface area is 149 Å². The molecule has 1 aliphatic rings. The van der Waals surface area contributed by atoms with E-state index >= 15 is 0 Å². The molecule has 0 fully saturated rings. The zero-order chi connectivity index (χ0) is 17.4. The van der Waals surface area contributed by atoms with Crippen molar-refractivity contribution in [3.05, 3.63) is 89.5 Å². The molecule has 0 amide bonds. The van der Waals surface area contributed by atoms with Crippen LogP contribution in [0.5, 0.6) is 0 Å². The second kappa shape index (κ2) is 6.34. The van der Waals surface area contributed by atoms with E-state index in [0.717, 1.165) is 5.57 Å². The SMILES string of the molecule is C=C(C)c1c2c(c(-c3ccccc3)c(C)c1-c1ccccc1)COC2. The quantitative estimate of drug-likeness (QED) is 0.541. The average molecular weight is 326 g/mol. The fraction of sp³-hybridized carbons (Fsp3) is 0.167. The minimum absolute atomic E-state index is 0.664. The third kappa shape index (κ3) is 2.61. The molecule has 0 radical (unpaired) electrons. The molecule has 0 N–H and O–H groups in total. The van der Waals surface area contributed by atoms with Gasteiger partial charge < -0.3 is 4.74 Å². The third-order valence-corrected chi connectivity index (χ3v) is 5.01. The molecule has 0 saturated heterocycles. The Morgan fingerprint density at radius 1 is 0.800 bits per heavy atom. The molecule has 0 unspecified atom stereocenters. The first-order valence-electron chi connectivity index (χ1n) is 8.71. The summed E-state index contributed by atoms with van der Waals surface area (Å²) in [5.74, 6) is 0. The van der Waals surface area contributed by atoms with Crippen molar-refractivity contribution in [2.75, 3.05) is 0 Å². The average Bonchev–Trinajstić information content (AvgIpc) is 3.10. The molecule has 1 heterocycles. The van der Waals surface area contributed by atoms with Gasteiger partial charge in [-0.05, 0) is 58.4 Å². The van der Waals surface area contributed by atoms with E-state index in [1.165, 1.54) is 44.5 Å². The Balaban J connectivity index is 2.12. The van der Waals surface area contributed by atoms with Gasteiger partial charge >= 0.3 is 0 Å². The Kier molecular flexibility index (Phi) is 4.03. The van der Waals surface area contributed by atoms with Crippen LogP contribution in [-0.2, 0) is 18.0 Å². The normalized spacial score (nSPS) is 12.9. The predicted octanol–water partition coefficient (Wildman–Crippen LogP) is 6.39. The van der Waals surface area contributed by atoms with Gasteiger partial charge in [0.15, 0.2) is 0 Å². The molecule has 0 atom stereocenters. The first-order chi connectivity index (χ1) is 12.2. The zero-order valence-corrected chi connectivity index (χ0v) is 14.8. The summed E-state index contributed by atoms with van der Waals surface area (Å²) in [5, 5.41) is 0. The van der Waals surface area contributed by atoms with E-state index < -0.39 is 0 Å². The highest BCUT2D eigenvalue weighted by molar-refractivity contribution is 5.91. The van der Waals surface area contributed by atoms with Gasteiger partial charge in [-0.15, -0.1) is 0 Å². The van der Waals surface area contributed by atoms with Crippen molar-refractivity contribution < 1.29 is 4.74 Å². The lowest BCUT2D eigenvalue weighted by Crippen LogP contribution is -2.02. The molecule has 4 rings (SSSR count). The summed E-state index contributed by atoms with van der Waals surface area (Å²) in [7, 11) is 0. The Morgan fingerprint density at radius 2 is 1.32 bits per heavy atom. The number of allylic oxidation sites excluding steroid dienone is 1. The van der Waals surface area contributed by atoms with Gasteiger partial charge in [0.25, 0.3) is 0 Å². The van der Waals surface area contributed by atoms with Gasteiger partial charge in [-0.1, -0.05) is 72.8 Å². The summed E-state index contributed by atoms with van der Waals surface area (Å²) in [4.78, 5) is 0. The van der Waals surface area contributed by atoms with Gasteiger partial charge in [-0.2, -0.15) is 0 Å². The number of fused-ring (bicyclic) bond motifs is 1. The van der Waals surface area contributed by atoms with E-state index in [1.807, 2.05) is 0 Å². The van der Waals surface area contributed by atoms with Crippen LogP contribution in [0.1, 0.15) is 29.2 Å². The van der Waals surface area contributed by atoms with Crippen molar-refractivity contribution in [2.45, 2.75) is 27.1 Å². The zero-order valence-electron chi connectivity index (χ0n) is 14.8. The minimum atomic E-state index is 0.664. The summed E-state index contributed by atoms with van der Waals surface area (Å²) in [6.45, 7) is 9.95. The van der Waals surface area contributed by atoms with Crippen LogP contribution in [0, 0.1) is 6.92 Å². The number of rotatable bonds is 3. The van der Waals surface area contributed by atoms with Crippen LogP contribution in [-0.4, -0.2) is 0 Å². The lowest BCUT2D eigenvalue weighted by atomic mass is 9.81. The van der Waals surface area contributed by atoms with Gasteiger partial charge in [-0.25, -0.2) is 0 Å². The number of ether oxygens (including phenoxy) is 1. The molecule has 1 heteroatoms. The summed E-state index contributed by atoms with van der Waals surface area (Å²) in [6.07, 6.45) is 0. The second-order valence-electron chi connectivity index (χ2n) is 6.71. The van der Waals surface area contributed by atoms with Crippen LogP contribution in [0.2, 0.25) is 0 Å². The van der Waals surface area contributed by atoms with E-state index in [0.29, 0.717) is 13.2 Å². The molecule has 1 aliphatic heterocycles. The maximum Gasteiger partial charge on any atom is 0.0731 e. The van der Waals surface area contributed by atoms with Gasteiger partial charge in [-0.3, -0.25) is 0 Å². The molecular weight excluding hydrogens is 304 g/mol. The largest absolute Gasteiger partial charge is 0.372 e. The number of hydrogen-bond acceptors (Lipinski definition) is 1. The van der Waals surface area contributed by atoms with Gasteiger partial charge in [0.05, 0.1) is 13.2 Å². The first kappa shape index (κ1) is 15.9. The van der Waals surface area contributed by atoms with E-state index in [-0.39, 0.29) is 0 Å². The van der Waals surface area contributed by atoms with Crippen molar-refractivity contribution in [2.24, 2.45) is 0 Å². The van der Waals surface area contributed by atoms with Crippen LogP contribution >= 0.6 is 0 Å². The third-order valence-electron chi connectivity index (χ3n) is 5.01. The molecule has 0 saturated carbocycles. The van der Waals surface area contributed by atoms with Gasteiger partial charge in [0, 0.05) is 0 Å². The molecule has 0 bridgehead atoms. The van der Waals surface area contributed by atoms with Gasteiger partial charge in [0.1, 0.15) is 0 Å². The van der Waals surface area contributed by atoms with Crippen LogP contribution in [0.25, 0.3) is 27.8 Å². The van der Waals surface area contributed by atoms with Crippen molar-refractivity contribution in [1.29, 1.82) is 0 Å². The Morgan fingerprint density at radius 3 is 1.88 bits per heavy atom. The molecule has 3 aromatic rings. The standard InChI is InChI=1S/C24H22O/c1-16(2)22-20-14-25-15-21(20)23(18-10-6-4-7-11-18)17(3)24(22)19-12-8-5-9-13-19/h4-13H,1,14-15H2,2-3H3. The molecule has 124 valence electrons. The number of hydrogen-bond donors (Lipinski definition) is 0. The van der Waals surface area contributed by atoms with E-state index in [9.17, 15) is 0 Å².